The van der Waals surface area contributed by atoms with Gasteiger partial charge in [-0.05, 0) is 30.3 Å². The Morgan fingerprint density at radius 1 is 1.10 bits per heavy atom. The molecule has 14 heteroatoms. The van der Waals surface area contributed by atoms with Gasteiger partial charge in [-0.15, -0.1) is 0 Å². The van der Waals surface area contributed by atoms with Gasteiger partial charge in [-0.2, -0.15) is 18.3 Å². The number of nitrogens with zero attached hydrogens (tertiary/aromatic N) is 6. The van der Waals surface area contributed by atoms with E-state index in [9.17, 15) is 27.2 Å². The smallest absolute Gasteiger partial charge is 0.416 e. The first-order valence-corrected chi connectivity index (χ1v) is 11.3. The fourth-order valence-corrected chi connectivity index (χ4v) is 4.16. The monoisotopic (exact) mass is 541 g/mol. The first-order valence-electron chi connectivity index (χ1n) is 11.3. The zero-order chi connectivity index (χ0) is 28.1. The number of pyridine rings is 1. The van der Waals surface area contributed by atoms with Gasteiger partial charge in [0.05, 0.1) is 34.7 Å². The van der Waals surface area contributed by atoms with E-state index < -0.39 is 35.9 Å². The number of hydrogen-bond donors (Lipinski definition) is 1. The molecule has 5 aromatic rings. The van der Waals surface area contributed by atoms with E-state index in [1.165, 1.54) is 25.4 Å². The van der Waals surface area contributed by atoms with Gasteiger partial charge in [0.2, 0.25) is 0 Å². The number of aryl methyl sites for hydroxylation is 1. The van der Waals surface area contributed by atoms with Crippen molar-refractivity contribution < 1.29 is 31.6 Å². The van der Waals surface area contributed by atoms with Crippen LogP contribution in [0, 0.1) is 5.82 Å². The van der Waals surface area contributed by atoms with E-state index in [1.807, 2.05) is 0 Å². The molecule has 0 radical (unpaired) electrons. The van der Waals surface area contributed by atoms with Crippen molar-refractivity contribution in [2.45, 2.75) is 12.7 Å². The number of amides is 2. The highest BCUT2D eigenvalue weighted by Crippen LogP contribution is 2.31. The summed E-state index contributed by atoms with van der Waals surface area (Å²) in [6.07, 6.45) is -1.14. The summed E-state index contributed by atoms with van der Waals surface area (Å²) in [5, 5.41) is 7.09. The molecule has 0 atom stereocenters. The second-order valence-electron chi connectivity index (χ2n) is 8.63. The molecule has 5 rings (SSSR count). The molecule has 0 aliphatic heterocycles. The number of nitrogen functional groups attached to an aromatic ring is 1. The molecule has 0 fully saturated rings. The number of anilines is 1. The van der Waals surface area contributed by atoms with Crippen LogP contribution in [0.1, 0.15) is 32.0 Å². The topological polar surface area (TPSA) is 123 Å². The molecule has 0 unspecified atom stereocenters. The minimum atomic E-state index is -4.76. The Morgan fingerprint density at radius 2 is 1.87 bits per heavy atom. The highest BCUT2D eigenvalue weighted by molar-refractivity contribution is 6.10. The maximum absolute atomic E-state index is 14.8. The summed E-state index contributed by atoms with van der Waals surface area (Å²) in [5.74, 6) is -2.46. The number of hydrogen-bond acceptors (Lipinski definition) is 7. The van der Waals surface area contributed by atoms with Crippen molar-refractivity contribution in [1.82, 2.24) is 29.8 Å². The number of benzene rings is 2. The van der Waals surface area contributed by atoms with Crippen molar-refractivity contribution >= 4 is 39.4 Å². The molecule has 0 spiro atoms. The van der Waals surface area contributed by atoms with E-state index in [2.05, 4.69) is 15.1 Å². The first-order chi connectivity index (χ1) is 18.5. The van der Waals surface area contributed by atoms with Gasteiger partial charge in [0.15, 0.2) is 12.1 Å². The Hall–Kier alpha value is -5.01. The van der Waals surface area contributed by atoms with Crippen molar-refractivity contribution in [3.63, 3.8) is 0 Å². The van der Waals surface area contributed by atoms with Crippen LogP contribution in [0.25, 0.3) is 21.8 Å². The number of rotatable bonds is 4. The van der Waals surface area contributed by atoms with Gasteiger partial charge < -0.3 is 10.2 Å². The first kappa shape index (κ1) is 25.6. The molecule has 2 N–H and O–H groups in total. The summed E-state index contributed by atoms with van der Waals surface area (Å²) < 4.78 is 60.3. The molecular weight excluding hydrogens is 522 g/mol. The number of alkyl halides is 3. The average Bonchev–Trinajstić information content (AvgIpc) is 3.57. The predicted molar refractivity (Wildman–Crippen MR) is 130 cm³/mol. The van der Waals surface area contributed by atoms with Crippen LogP contribution in [-0.2, 0) is 19.8 Å². The van der Waals surface area contributed by atoms with Crippen LogP contribution in [-0.4, -0.2) is 48.6 Å². The molecule has 0 aliphatic carbocycles. The lowest BCUT2D eigenvalue weighted by Crippen LogP contribution is -2.47. The fraction of sp³-hybridized carbons (Fsp3) is 0.160. The van der Waals surface area contributed by atoms with Crippen LogP contribution in [0.3, 0.4) is 0 Å². The zero-order valence-corrected chi connectivity index (χ0v) is 20.4. The number of halogens is 4. The maximum atomic E-state index is 14.8. The second-order valence-corrected chi connectivity index (χ2v) is 8.63. The fourth-order valence-electron chi connectivity index (χ4n) is 4.16. The number of aromatic nitrogens is 4. The highest BCUT2D eigenvalue weighted by atomic mass is 19.4. The van der Waals surface area contributed by atoms with E-state index in [-0.39, 0.29) is 22.6 Å². The largest absolute Gasteiger partial charge is 0.451 e. The molecule has 0 aliphatic rings. The molecule has 10 nitrogen and oxygen atoms in total. The Balaban J connectivity index is 1.58. The van der Waals surface area contributed by atoms with Crippen LogP contribution in [0.15, 0.2) is 59.7 Å². The summed E-state index contributed by atoms with van der Waals surface area (Å²) in [6, 6.07) is 6.48. The molecule has 39 heavy (non-hydrogen) atoms. The minimum Gasteiger partial charge on any atom is -0.451 e. The van der Waals surface area contributed by atoms with E-state index in [0.29, 0.717) is 33.9 Å². The lowest BCUT2D eigenvalue weighted by Gasteiger charge is -2.32. The quantitative estimate of drug-likeness (QED) is 0.268. The lowest BCUT2D eigenvalue weighted by molar-refractivity contribution is -0.137. The van der Waals surface area contributed by atoms with Gasteiger partial charge in [-0.25, -0.2) is 24.4 Å². The van der Waals surface area contributed by atoms with Gasteiger partial charge >= 0.3 is 6.18 Å². The molecule has 2 aromatic carbocycles. The van der Waals surface area contributed by atoms with Gasteiger partial charge in [-0.1, -0.05) is 6.07 Å². The van der Waals surface area contributed by atoms with Gasteiger partial charge in [0.25, 0.3) is 11.8 Å². The standard InChI is InChI=1S/C25H19F4N7O3/c1-34-21-16-7-13(4-6-19(16)33-22(30)17(21)9-32-34)23(37)36(35(2)24(38)20-11-39-12-31-20)10-14-3-5-15(8-18(14)26)25(27,28)29/h3-9,11-12H,10H2,1-2H3,(H2,30,33). The van der Waals surface area contributed by atoms with E-state index in [0.717, 1.165) is 28.7 Å². The third kappa shape index (κ3) is 4.60. The number of hydrazine groups is 1. The summed E-state index contributed by atoms with van der Waals surface area (Å²) in [6.45, 7) is -0.567. The van der Waals surface area contributed by atoms with Gasteiger partial charge in [0.1, 0.15) is 17.9 Å². The second kappa shape index (κ2) is 9.38. The summed E-state index contributed by atoms with van der Waals surface area (Å²) in [7, 11) is 2.94. The highest BCUT2D eigenvalue weighted by Gasteiger charge is 2.32. The Morgan fingerprint density at radius 3 is 2.54 bits per heavy atom. The molecule has 3 aromatic heterocycles. The van der Waals surface area contributed by atoms with Crippen molar-refractivity contribution in [1.29, 1.82) is 0 Å². The molecule has 0 saturated carbocycles. The number of oxazole rings is 1. The van der Waals surface area contributed by atoms with Crippen LogP contribution in [0.4, 0.5) is 23.4 Å². The molecule has 0 saturated heterocycles. The van der Waals surface area contributed by atoms with Crippen LogP contribution < -0.4 is 5.73 Å². The van der Waals surface area contributed by atoms with E-state index in [1.54, 1.807) is 17.8 Å². The van der Waals surface area contributed by atoms with Crippen molar-refractivity contribution in [2.24, 2.45) is 7.05 Å². The molecule has 2 amide bonds. The van der Waals surface area contributed by atoms with Crippen LogP contribution in [0.5, 0.6) is 0 Å². The predicted octanol–water partition coefficient (Wildman–Crippen LogP) is 4.18. The van der Waals surface area contributed by atoms with Crippen molar-refractivity contribution in [2.75, 3.05) is 12.8 Å². The molecular formula is C25H19F4N7O3. The molecule has 0 bridgehead atoms. The third-order valence-electron chi connectivity index (χ3n) is 6.20. The average molecular weight is 541 g/mol. The van der Waals surface area contributed by atoms with E-state index in [4.69, 9.17) is 10.2 Å². The third-order valence-corrected chi connectivity index (χ3v) is 6.20. The number of nitrogens with two attached hydrogens (primary N) is 1. The van der Waals surface area contributed by atoms with Gasteiger partial charge in [0, 0.05) is 30.6 Å². The molecule has 200 valence electrons. The Kier molecular flexibility index (Phi) is 6.17. The molecule has 3 heterocycles. The van der Waals surface area contributed by atoms with E-state index >= 15 is 0 Å². The SMILES string of the molecule is CN(C(=O)c1cocn1)N(Cc1ccc(C(F)(F)F)cc1F)C(=O)c1ccc2nc(N)c3cnn(C)c3c2c1. The maximum Gasteiger partial charge on any atom is 0.416 e. The number of fused-ring (bicyclic) bond motifs is 3. The Bertz CT molecular complexity index is 1730. The minimum absolute atomic E-state index is 0.0868. The zero-order valence-electron chi connectivity index (χ0n) is 20.4. The van der Waals surface area contributed by atoms with Crippen LogP contribution in [0.2, 0.25) is 0 Å². The summed E-state index contributed by atoms with van der Waals surface area (Å²) >= 11 is 0. The number of carbonyl (C=O) groups is 2. The Labute approximate surface area is 217 Å². The number of carbonyl (C=O) groups excluding carboxylic acids is 2. The van der Waals surface area contributed by atoms with Gasteiger partial charge in [-0.3, -0.25) is 14.3 Å². The summed E-state index contributed by atoms with van der Waals surface area (Å²) in [5.41, 5.74) is 5.64. The summed E-state index contributed by atoms with van der Waals surface area (Å²) in [4.78, 5) is 34.9. The normalized spacial score (nSPS) is 11.7. The van der Waals surface area contributed by atoms with Crippen molar-refractivity contribution in [3.05, 3.63) is 83.5 Å². The van der Waals surface area contributed by atoms with Crippen molar-refractivity contribution in [3.8, 4) is 0 Å². The lowest BCUT2D eigenvalue weighted by atomic mass is 10.1. The van der Waals surface area contributed by atoms with Crippen LogP contribution >= 0.6 is 0 Å².